The molecule has 1 N–H and O–H groups in total. The highest BCUT2D eigenvalue weighted by molar-refractivity contribution is 5.59. The van der Waals surface area contributed by atoms with E-state index in [1.54, 1.807) is 14.2 Å². The fourth-order valence-electron chi connectivity index (χ4n) is 1.90. The zero-order valence-electron chi connectivity index (χ0n) is 12.4. The molecule has 20 heavy (non-hydrogen) atoms. The Balaban J connectivity index is 2.09. The summed E-state index contributed by atoms with van der Waals surface area (Å²) in [6.45, 7) is 4.86. The van der Waals surface area contributed by atoms with Crippen molar-refractivity contribution >= 4 is 5.69 Å². The minimum Gasteiger partial charge on any atom is -0.497 e. The number of hydrogen-bond donors (Lipinski definition) is 1. The highest BCUT2D eigenvalue weighted by Crippen LogP contribution is 2.29. The standard InChI is InChI=1S/C15H21N3O2/c1-11(2)18-8-7-12(17-18)10-16-14-9-13(19-3)5-6-15(14)20-4/h5-9,11,16H,10H2,1-4H3. The summed E-state index contributed by atoms with van der Waals surface area (Å²) in [6.07, 6.45) is 1.99. The number of anilines is 1. The summed E-state index contributed by atoms with van der Waals surface area (Å²) in [5.74, 6) is 1.58. The zero-order valence-corrected chi connectivity index (χ0v) is 12.4. The third-order valence-electron chi connectivity index (χ3n) is 3.06. The topological polar surface area (TPSA) is 48.3 Å². The molecule has 0 saturated heterocycles. The first-order valence-corrected chi connectivity index (χ1v) is 6.64. The van der Waals surface area contributed by atoms with E-state index in [0.29, 0.717) is 12.6 Å². The Morgan fingerprint density at radius 1 is 1.20 bits per heavy atom. The van der Waals surface area contributed by atoms with Crippen molar-refractivity contribution in [3.63, 3.8) is 0 Å². The summed E-state index contributed by atoms with van der Waals surface area (Å²) in [4.78, 5) is 0. The average Bonchev–Trinajstić information content (AvgIpc) is 2.93. The maximum Gasteiger partial charge on any atom is 0.142 e. The molecule has 0 radical (unpaired) electrons. The van der Waals surface area contributed by atoms with Crippen molar-refractivity contribution < 1.29 is 9.47 Å². The number of nitrogens with zero attached hydrogens (tertiary/aromatic N) is 2. The van der Waals surface area contributed by atoms with Gasteiger partial charge in [-0.25, -0.2) is 0 Å². The second kappa shape index (κ2) is 6.32. The molecule has 0 fully saturated rings. The quantitative estimate of drug-likeness (QED) is 0.880. The highest BCUT2D eigenvalue weighted by Gasteiger charge is 2.06. The van der Waals surface area contributed by atoms with Gasteiger partial charge in [-0.1, -0.05) is 0 Å². The number of rotatable bonds is 6. The molecule has 1 aromatic carbocycles. The zero-order chi connectivity index (χ0) is 14.5. The van der Waals surface area contributed by atoms with Gasteiger partial charge in [-0.3, -0.25) is 4.68 Å². The van der Waals surface area contributed by atoms with Gasteiger partial charge in [0.05, 0.1) is 32.1 Å². The summed E-state index contributed by atoms with van der Waals surface area (Å²) in [7, 11) is 3.30. The van der Waals surface area contributed by atoms with Crippen LogP contribution >= 0.6 is 0 Å². The molecular formula is C15H21N3O2. The molecule has 0 bridgehead atoms. The molecule has 5 nitrogen and oxygen atoms in total. The van der Waals surface area contributed by atoms with Crippen molar-refractivity contribution in [2.75, 3.05) is 19.5 Å². The van der Waals surface area contributed by atoms with Gasteiger partial charge in [0.2, 0.25) is 0 Å². The van der Waals surface area contributed by atoms with E-state index in [0.717, 1.165) is 22.9 Å². The van der Waals surface area contributed by atoms with Crippen molar-refractivity contribution in [1.29, 1.82) is 0 Å². The lowest BCUT2D eigenvalue weighted by atomic mass is 10.2. The Morgan fingerprint density at radius 3 is 2.60 bits per heavy atom. The molecular weight excluding hydrogens is 254 g/mol. The molecule has 108 valence electrons. The first kappa shape index (κ1) is 14.2. The minimum absolute atomic E-state index is 0.370. The summed E-state index contributed by atoms with van der Waals surface area (Å²) in [6, 6.07) is 8.05. The Morgan fingerprint density at radius 2 is 2.00 bits per heavy atom. The molecule has 0 unspecified atom stereocenters. The lowest BCUT2D eigenvalue weighted by Gasteiger charge is -2.12. The molecule has 0 spiro atoms. The molecule has 0 saturated carbocycles. The first-order valence-electron chi connectivity index (χ1n) is 6.64. The Kier molecular flexibility index (Phi) is 4.50. The van der Waals surface area contributed by atoms with E-state index in [4.69, 9.17) is 9.47 Å². The number of ether oxygens (including phenoxy) is 2. The lowest BCUT2D eigenvalue weighted by molar-refractivity contribution is 0.404. The molecule has 1 aromatic heterocycles. The van der Waals surface area contributed by atoms with Crippen molar-refractivity contribution in [2.24, 2.45) is 0 Å². The van der Waals surface area contributed by atoms with Crippen LogP contribution in [0.25, 0.3) is 0 Å². The summed E-state index contributed by atoms with van der Waals surface area (Å²) in [5, 5.41) is 7.83. The second-order valence-electron chi connectivity index (χ2n) is 4.80. The van der Waals surface area contributed by atoms with Gasteiger partial charge in [0.25, 0.3) is 0 Å². The predicted molar refractivity (Wildman–Crippen MR) is 79.5 cm³/mol. The SMILES string of the molecule is COc1ccc(OC)c(NCc2ccn(C(C)C)n2)c1. The van der Waals surface area contributed by atoms with Gasteiger partial charge in [0, 0.05) is 18.3 Å². The van der Waals surface area contributed by atoms with E-state index in [1.165, 1.54) is 0 Å². The largest absolute Gasteiger partial charge is 0.497 e. The number of hydrogen-bond acceptors (Lipinski definition) is 4. The van der Waals surface area contributed by atoms with Crippen LogP contribution in [0.15, 0.2) is 30.5 Å². The van der Waals surface area contributed by atoms with E-state index >= 15 is 0 Å². The van der Waals surface area contributed by atoms with Gasteiger partial charge in [-0.05, 0) is 32.0 Å². The van der Waals surface area contributed by atoms with Crippen LogP contribution in [0.2, 0.25) is 0 Å². The fourth-order valence-corrected chi connectivity index (χ4v) is 1.90. The van der Waals surface area contributed by atoms with Crippen molar-refractivity contribution in [3.05, 3.63) is 36.2 Å². The van der Waals surface area contributed by atoms with Crippen LogP contribution in [0.5, 0.6) is 11.5 Å². The fraction of sp³-hybridized carbons (Fsp3) is 0.400. The van der Waals surface area contributed by atoms with Gasteiger partial charge in [0.1, 0.15) is 11.5 Å². The minimum atomic E-state index is 0.370. The van der Waals surface area contributed by atoms with Gasteiger partial charge in [-0.2, -0.15) is 5.10 Å². The third-order valence-corrected chi connectivity index (χ3v) is 3.06. The van der Waals surface area contributed by atoms with Crippen LogP contribution < -0.4 is 14.8 Å². The number of benzene rings is 1. The molecule has 0 amide bonds. The normalized spacial score (nSPS) is 10.7. The van der Waals surface area contributed by atoms with Crippen LogP contribution in [0.1, 0.15) is 25.6 Å². The van der Waals surface area contributed by atoms with Gasteiger partial charge >= 0.3 is 0 Å². The lowest BCUT2D eigenvalue weighted by Crippen LogP contribution is -2.05. The van der Waals surface area contributed by atoms with E-state index in [-0.39, 0.29) is 0 Å². The van der Waals surface area contributed by atoms with Gasteiger partial charge in [0.15, 0.2) is 0 Å². The smallest absolute Gasteiger partial charge is 0.142 e. The first-order chi connectivity index (χ1) is 9.63. The number of nitrogens with one attached hydrogen (secondary N) is 1. The average molecular weight is 275 g/mol. The Labute approximate surface area is 119 Å². The highest BCUT2D eigenvalue weighted by atomic mass is 16.5. The second-order valence-corrected chi connectivity index (χ2v) is 4.80. The van der Waals surface area contributed by atoms with Crippen LogP contribution in [0, 0.1) is 0 Å². The maximum absolute atomic E-state index is 5.33. The summed E-state index contributed by atoms with van der Waals surface area (Å²) < 4.78 is 12.5. The van der Waals surface area contributed by atoms with Crippen molar-refractivity contribution in [3.8, 4) is 11.5 Å². The molecule has 0 atom stereocenters. The van der Waals surface area contributed by atoms with Crippen molar-refractivity contribution in [1.82, 2.24) is 9.78 Å². The molecule has 2 rings (SSSR count). The third kappa shape index (κ3) is 3.23. The van der Waals surface area contributed by atoms with E-state index in [2.05, 4.69) is 24.3 Å². The monoisotopic (exact) mass is 275 g/mol. The molecule has 1 heterocycles. The van der Waals surface area contributed by atoms with Crippen LogP contribution in [-0.4, -0.2) is 24.0 Å². The molecule has 2 aromatic rings. The van der Waals surface area contributed by atoms with Gasteiger partial charge < -0.3 is 14.8 Å². The molecule has 5 heteroatoms. The summed E-state index contributed by atoms with van der Waals surface area (Å²) in [5.41, 5.74) is 1.88. The van der Waals surface area contributed by atoms with Crippen LogP contribution in [-0.2, 0) is 6.54 Å². The molecule has 0 aliphatic carbocycles. The van der Waals surface area contributed by atoms with E-state index < -0.39 is 0 Å². The van der Waals surface area contributed by atoms with E-state index in [1.807, 2.05) is 35.1 Å². The van der Waals surface area contributed by atoms with Gasteiger partial charge in [-0.15, -0.1) is 0 Å². The van der Waals surface area contributed by atoms with Crippen molar-refractivity contribution in [2.45, 2.75) is 26.4 Å². The number of aromatic nitrogens is 2. The Bertz CT molecular complexity index is 564. The molecule has 0 aliphatic rings. The number of methoxy groups -OCH3 is 2. The summed E-state index contributed by atoms with van der Waals surface area (Å²) >= 11 is 0. The predicted octanol–water partition coefficient (Wildman–Crippen LogP) is 3.09. The maximum atomic E-state index is 5.33. The van der Waals surface area contributed by atoms with Crippen LogP contribution in [0.4, 0.5) is 5.69 Å². The Hall–Kier alpha value is -2.17. The molecule has 0 aliphatic heterocycles. The van der Waals surface area contributed by atoms with E-state index in [9.17, 15) is 0 Å². The van der Waals surface area contributed by atoms with Crippen LogP contribution in [0.3, 0.4) is 0 Å².